The number of rotatable bonds is 4. The van der Waals surface area contributed by atoms with Crippen LogP contribution >= 0.6 is 0 Å². The number of aromatic nitrogens is 1. The Hall–Kier alpha value is -3.17. The number of amides is 1. The molecule has 0 spiro atoms. The number of aliphatic hydroxyl groups excluding tert-OH is 1. The number of likely N-dealkylation sites (tertiary alicyclic amines) is 1. The molecule has 0 unspecified atom stereocenters. The number of hydrogen-bond donors (Lipinski definition) is 4. The van der Waals surface area contributed by atoms with Gasteiger partial charge < -0.3 is 30.1 Å². The van der Waals surface area contributed by atoms with Gasteiger partial charge in [0, 0.05) is 43.6 Å². The van der Waals surface area contributed by atoms with Crippen LogP contribution in [-0.2, 0) is 0 Å². The van der Waals surface area contributed by atoms with Gasteiger partial charge in [0.25, 0.3) is 5.91 Å². The Balaban J connectivity index is 1.40. The maximum atomic E-state index is 12.9. The highest BCUT2D eigenvalue weighted by atomic mass is 16.3. The molecule has 0 radical (unpaired) electrons. The van der Waals surface area contributed by atoms with Crippen molar-refractivity contribution in [2.45, 2.75) is 37.8 Å². The van der Waals surface area contributed by atoms with E-state index in [1.807, 2.05) is 24.1 Å². The lowest BCUT2D eigenvalue weighted by Crippen LogP contribution is -2.44. The van der Waals surface area contributed by atoms with Gasteiger partial charge in [0.05, 0.1) is 11.8 Å². The smallest absolute Gasteiger partial charge is 0.253 e. The van der Waals surface area contributed by atoms with E-state index in [2.05, 4.69) is 32.1 Å². The van der Waals surface area contributed by atoms with Gasteiger partial charge in [-0.3, -0.25) is 10.2 Å². The minimum Gasteiger partial charge on any atom is -0.393 e. The summed E-state index contributed by atoms with van der Waals surface area (Å²) in [5.41, 5.74) is 2.86. The van der Waals surface area contributed by atoms with Crippen LogP contribution in [0.4, 0.5) is 11.4 Å². The fourth-order valence-electron chi connectivity index (χ4n) is 4.59. The number of guanidine groups is 1. The monoisotopic (exact) mass is 465 g/mol. The van der Waals surface area contributed by atoms with Crippen molar-refractivity contribution in [2.75, 3.05) is 50.5 Å². The Bertz CT molecular complexity index is 1050. The first kappa shape index (κ1) is 24.0. The van der Waals surface area contributed by atoms with E-state index < -0.39 is 0 Å². The van der Waals surface area contributed by atoms with Crippen LogP contribution in [0.25, 0.3) is 0 Å². The molecule has 3 heterocycles. The number of pyridine rings is 1. The molecule has 9 nitrogen and oxygen atoms in total. The predicted molar refractivity (Wildman–Crippen MR) is 134 cm³/mol. The van der Waals surface area contributed by atoms with Crippen LogP contribution in [0.2, 0.25) is 0 Å². The molecule has 1 aromatic carbocycles. The molecule has 2 aliphatic rings. The number of hydrogen-bond acceptors (Lipinski definition) is 5. The van der Waals surface area contributed by atoms with E-state index >= 15 is 0 Å². The van der Waals surface area contributed by atoms with Crippen molar-refractivity contribution in [3.05, 3.63) is 53.6 Å². The Morgan fingerprint density at radius 2 is 1.79 bits per heavy atom. The molecule has 34 heavy (non-hydrogen) atoms. The first-order valence-corrected chi connectivity index (χ1v) is 12.0. The van der Waals surface area contributed by atoms with Gasteiger partial charge in [-0.1, -0.05) is 0 Å². The fourth-order valence-corrected chi connectivity index (χ4v) is 4.59. The highest BCUT2D eigenvalue weighted by Gasteiger charge is 2.24. The number of carbonyl (C=O) groups excluding carboxylic acids is 1. The topological polar surface area (TPSA) is 111 Å². The van der Waals surface area contributed by atoms with Gasteiger partial charge in [-0.15, -0.1) is 0 Å². The molecule has 0 atom stereocenters. The van der Waals surface area contributed by atoms with Gasteiger partial charge in [0.2, 0.25) is 5.96 Å². The summed E-state index contributed by atoms with van der Waals surface area (Å²) in [7, 11) is 4.00. The van der Waals surface area contributed by atoms with Gasteiger partial charge in [-0.05, 0) is 82.2 Å². The number of aromatic amines is 1. The third-order valence-corrected chi connectivity index (χ3v) is 6.79. The molecule has 2 aliphatic heterocycles. The van der Waals surface area contributed by atoms with E-state index in [1.165, 1.54) is 0 Å². The number of carbonyl (C=O) groups is 1. The van der Waals surface area contributed by atoms with Crippen LogP contribution < -0.4 is 15.7 Å². The molecule has 2 fully saturated rings. The zero-order valence-electron chi connectivity index (χ0n) is 20.0. The van der Waals surface area contributed by atoms with Gasteiger partial charge in [0.1, 0.15) is 0 Å². The summed E-state index contributed by atoms with van der Waals surface area (Å²) in [6.45, 7) is 3.53. The summed E-state index contributed by atoms with van der Waals surface area (Å²) in [5, 5.41) is 21.1. The van der Waals surface area contributed by atoms with E-state index in [-0.39, 0.29) is 24.0 Å². The quantitative estimate of drug-likeness (QED) is 0.408. The fraction of sp³-hybridized carbons (Fsp3) is 0.480. The van der Waals surface area contributed by atoms with E-state index in [1.54, 1.807) is 30.5 Å². The third kappa shape index (κ3) is 5.84. The average molecular weight is 466 g/mol. The lowest BCUT2D eigenvalue weighted by atomic mass is 10.0. The van der Waals surface area contributed by atoms with Gasteiger partial charge >= 0.3 is 0 Å². The second-order valence-corrected chi connectivity index (χ2v) is 9.24. The molecular formula is C25H35N7O2. The summed E-state index contributed by atoms with van der Waals surface area (Å²) < 4.78 is 0. The van der Waals surface area contributed by atoms with E-state index in [4.69, 9.17) is 5.41 Å². The number of H-pyrrole nitrogens is 1. The number of anilines is 2. The van der Waals surface area contributed by atoms with Crippen molar-refractivity contribution >= 4 is 23.2 Å². The van der Waals surface area contributed by atoms with E-state index in [9.17, 15) is 9.90 Å². The van der Waals surface area contributed by atoms with Crippen LogP contribution in [0.15, 0.2) is 47.6 Å². The predicted octanol–water partition coefficient (Wildman–Crippen LogP) is 2.09. The number of nitrogens with zero attached hydrogens (tertiary/aromatic N) is 4. The highest BCUT2D eigenvalue weighted by Crippen LogP contribution is 2.19. The second-order valence-electron chi connectivity index (χ2n) is 9.24. The largest absolute Gasteiger partial charge is 0.393 e. The van der Waals surface area contributed by atoms with Crippen LogP contribution in [0.5, 0.6) is 0 Å². The van der Waals surface area contributed by atoms with Crippen molar-refractivity contribution in [3.8, 4) is 0 Å². The summed E-state index contributed by atoms with van der Waals surface area (Å²) in [6, 6.07) is 11.4. The average Bonchev–Trinajstić information content (AvgIpc) is 2.85. The van der Waals surface area contributed by atoms with Gasteiger partial charge in [0.15, 0.2) is 5.49 Å². The SMILES string of the molecule is CN1CCC(N(C)C(=O)c2ccc(NC(=N)/N=c3\[nH]cccc3N3CCC(O)CC3)cc2)CC1. The van der Waals surface area contributed by atoms with Crippen molar-refractivity contribution in [1.29, 1.82) is 5.41 Å². The first-order valence-electron chi connectivity index (χ1n) is 12.0. The Kier molecular flexibility index (Phi) is 7.64. The molecule has 0 aliphatic carbocycles. The molecular weight excluding hydrogens is 430 g/mol. The van der Waals surface area contributed by atoms with Crippen molar-refractivity contribution < 1.29 is 9.90 Å². The molecule has 4 N–H and O–H groups in total. The molecule has 1 aromatic heterocycles. The number of piperidine rings is 2. The van der Waals surface area contributed by atoms with Crippen molar-refractivity contribution in [2.24, 2.45) is 4.99 Å². The van der Waals surface area contributed by atoms with Gasteiger partial charge in [-0.25, -0.2) is 0 Å². The maximum Gasteiger partial charge on any atom is 0.253 e. The summed E-state index contributed by atoms with van der Waals surface area (Å²) in [4.78, 5) is 26.8. The minimum absolute atomic E-state index is 0.00302. The second kappa shape index (κ2) is 10.8. The molecule has 2 aromatic rings. The number of nitrogens with one attached hydrogen (secondary N) is 3. The van der Waals surface area contributed by atoms with Crippen LogP contribution in [-0.4, -0.2) is 84.2 Å². The van der Waals surface area contributed by atoms with Crippen LogP contribution in [0, 0.1) is 5.41 Å². The molecule has 9 heteroatoms. The lowest BCUT2D eigenvalue weighted by Gasteiger charge is -2.35. The zero-order chi connectivity index (χ0) is 24.1. The molecule has 1 amide bonds. The lowest BCUT2D eigenvalue weighted by molar-refractivity contribution is 0.0659. The van der Waals surface area contributed by atoms with Crippen molar-refractivity contribution in [3.63, 3.8) is 0 Å². The molecule has 0 saturated carbocycles. The Morgan fingerprint density at radius 1 is 1.12 bits per heavy atom. The highest BCUT2D eigenvalue weighted by molar-refractivity contribution is 5.96. The first-order chi connectivity index (χ1) is 16.4. The van der Waals surface area contributed by atoms with Crippen LogP contribution in [0.1, 0.15) is 36.0 Å². The summed E-state index contributed by atoms with van der Waals surface area (Å²) in [6.07, 6.45) is 4.98. The van der Waals surface area contributed by atoms with E-state index in [0.29, 0.717) is 16.7 Å². The Morgan fingerprint density at radius 3 is 2.47 bits per heavy atom. The molecule has 2 saturated heterocycles. The number of benzene rings is 1. The molecule has 0 bridgehead atoms. The van der Waals surface area contributed by atoms with Crippen LogP contribution in [0.3, 0.4) is 0 Å². The molecule has 4 rings (SSSR count). The van der Waals surface area contributed by atoms with Crippen molar-refractivity contribution in [1.82, 2.24) is 14.8 Å². The molecule has 182 valence electrons. The normalized spacial score (nSPS) is 18.7. The summed E-state index contributed by atoms with van der Waals surface area (Å²) in [5.74, 6) is 0.0271. The summed E-state index contributed by atoms with van der Waals surface area (Å²) >= 11 is 0. The van der Waals surface area contributed by atoms with Gasteiger partial charge in [-0.2, -0.15) is 4.99 Å². The Labute approximate surface area is 200 Å². The maximum absolute atomic E-state index is 12.9. The minimum atomic E-state index is -0.247. The third-order valence-electron chi connectivity index (χ3n) is 6.79. The number of aliphatic hydroxyl groups is 1. The van der Waals surface area contributed by atoms with E-state index in [0.717, 1.165) is 57.5 Å². The zero-order valence-corrected chi connectivity index (χ0v) is 20.0. The standard InChI is InChI=1S/C25H35N7O2/c1-30-14-9-20(10-15-30)31(2)24(34)18-5-7-19(8-6-18)28-25(26)29-23-22(4-3-13-27-23)32-16-11-21(33)12-17-32/h3-8,13,20-21,33H,9-12,14-17H2,1-2H3,(H3,26,27,28,29).